The Balaban J connectivity index is 1.83. The molecule has 3 N–H and O–H groups in total. The Bertz CT molecular complexity index is 984. The van der Waals surface area contributed by atoms with Crippen molar-refractivity contribution in [3.63, 3.8) is 0 Å². The molecular formula is C17H16N2O4S2. The minimum atomic E-state index is -3.81. The molecule has 0 radical (unpaired) electrons. The van der Waals surface area contributed by atoms with E-state index >= 15 is 0 Å². The number of benzene rings is 2. The van der Waals surface area contributed by atoms with Gasteiger partial charge in [0, 0.05) is 4.70 Å². The lowest BCUT2D eigenvalue weighted by Crippen LogP contribution is -2.39. The van der Waals surface area contributed by atoms with E-state index in [1.807, 2.05) is 23.6 Å². The van der Waals surface area contributed by atoms with E-state index in [0.717, 1.165) is 10.1 Å². The predicted molar refractivity (Wildman–Crippen MR) is 96.7 cm³/mol. The standard InChI is InChI=1S/C17H16N2O4S2/c20-17(18-21)16(13-4-2-1-3-5-13)19-25(22,23)11-12-6-7-15-14(10-12)8-9-24-15/h1-10,16,19,21H,11H2,(H,18,20). The number of thiophene rings is 1. The van der Waals surface area contributed by atoms with Crippen molar-refractivity contribution in [2.45, 2.75) is 11.8 Å². The second-order valence-corrected chi connectivity index (χ2v) is 8.19. The molecular weight excluding hydrogens is 360 g/mol. The van der Waals surface area contributed by atoms with Crippen LogP contribution in [0, 0.1) is 0 Å². The lowest BCUT2D eigenvalue weighted by Gasteiger charge is -2.17. The fourth-order valence-electron chi connectivity index (χ4n) is 2.53. The molecule has 2 aromatic carbocycles. The lowest BCUT2D eigenvalue weighted by atomic mass is 10.1. The van der Waals surface area contributed by atoms with Crippen molar-refractivity contribution >= 4 is 37.4 Å². The molecule has 0 bridgehead atoms. The number of rotatable bonds is 6. The van der Waals surface area contributed by atoms with Crippen LogP contribution in [0.15, 0.2) is 60.0 Å². The summed E-state index contributed by atoms with van der Waals surface area (Å²) in [7, 11) is -3.81. The van der Waals surface area contributed by atoms with Crippen molar-refractivity contribution in [2.75, 3.05) is 0 Å². The van der Waals surface area contributed by atoms with Crippen LogP contribution in [-0.4, -0.2) is 19.5 Å². The number of nitrogens with one attached hydrogen (secondary N) is 2. The number of carbonyl (C=O) groups excluding carboxylic acids is 1. The number of fused-ring (bicyclic) bond motifs is 1. The lowest BCUT2D eigenvalue weighted by molar-refractivity contribution is -0.131. The van der Waals surface area contributed by atoms with Gasteiger partial charge in [0.2, 0.25) is 10.0 Å². The molecule has 0 aliphatic carbocycles. The Hall–Kier alpha value is -2.26. The van der Waals surface area contributed by atoms with Crippen molar-refractivity contribution in [3.8, 4) is 0 Å². The third-order valence-corrected chi connectivity index (χ3v) is 5.88. The Labute approximate surface area is 149 Å². The Kier molecular flexibility index (Phi) is 5.14. The maximum Gasteiger partial charge on any atom is 0.266 e. The molecule has 130 valence electrons. The van der Waals surface area contributed by atoms with Gasteiger partial charge in [0.25, 0.3) is 5.91 Å². The summed E-state index contributed by atoms with van der Waals surface area (Å²) in [6.07, 6.45) is 0. The third kappa shape index (κ3) is 4.23. The van der Waals surface area contributed by atoms with Crippen LogP contribution in [-0.2, 0) is 20.6 Å². The molecule has 1 heterocycles. The minimum Gasteiger partial charge on any atom is -0.289 e. The van der Waals surface area contributed by atoms with Crippen molar-refractivity contribution < 1.29 is 18.4 Å². The van der Waals surface area contributed by atoms with E-state index < -0.39 is 22.0 Å². The van der Waals surface area contributed by atoms with E-state index in [1.54, 1.807) is 47.7 Å². The molecule has 8 heteroatoms. The molecule has 3 rings (SSSR count). The van der Waals surface area contributed by atoms with Crippen molar-refractivity contribution in [3.05, 3.63) is 71.1 Å². The number of sulfonamides is 1. The molecule has 25 heavy (non-hydrogen) atoms. The SMILES string of the molecule is O=C(NO)C(NS(=O)(=O)Cc1ccc2sccc2c1)c1ccccc1. The van der Waals surface area contributed by atoms with Crippen molar-refractivity contribution in [1.29, 1.82) is 0 Å². The molecule has 3 aromatic rings. The number of carbonyl (C=O) groups is 1. The van der Waals surface area contributed by atoms with Crippen LogP contribution in [0.5, 0.6) is 0 Å². The predicted octanol–water partition coefficient (Wildman–Crippen LogP) is 2.57. The first-order valence-electron chi connectivity index (χ1n) is 7.43. The molecule has 1 atom stereocenters. The number of hydrogen-bond donors (Lipinski definition) is 3. The molecule has 1 amide bonds. The normalized spacial score (nSPS) is 12.8. The van der Waals surface area contributed by atoms with Crippen LogP contribution >= 0.6 is 11.3 Å². The van der Waals surface area contributed by atoms with Gasteiger partial charge in [0.1, 0.15) is 6.04 Å². The van der Waals surface area contributed by atoms with E-state index in [0.29, 0.717) is 11.1 Å². The summed E-state index contributed by atoms with van der Waals surface area (Å²) in [4.78, 5) is 11.9. The zero-order valence-corrected chi connectivity index (χ0v) is 14.7. The average Bonchev–Trinajstić information content (AvgIpc) is 3.07. The first kappa shape index (κ1) is 17.6. The fraction of sp³-hybridized carbons (Fsp3) is 0.118. The molecule has 0 fully saturated rings. The highest BCUT2D eigenvalue weighted by Crippen LogP contribution is 2.23. The monoisotopic (exact) mass is 376 g/mol. The molecule has 6 nitrogen and oxygen atoms in total. The number of hydroxylamine groups is 1. The van der Waals surface area contributed by atoms with Gasteiger partial charge in [0.05, 0.1) is 5.75 Å². The zero-order valence-electron chi connectivity index (χ0n) is 13.0. The fourth-order valence-corrected chi connectivity index (χ4v) is 4.60. The van der Waals surface area contributed by atoms with Gasteiger partial charge in [-0.1, -0.05) is 36.4 Å². The summed E-state index contributed by atoms with van der Waals surface area (Å²) in [5, 5.41) is 11.8. The molecule has 0 spiro atoms. The van der Waals surface area contributed by atoms with E-state index in [4.69, 9.17) is 5.21 Å². The van der Waals surface area contributed by atoms with Crippen LogP contribution < -0.4 is 10.2 Å². The molecule has 0 aliphatic rings. The second-order valence-electron chi connectivity index (χ2n) is 5.49. The first-order valence-corrected chi connectivity index (χ1v) is 9.97. The summed E-state index contributed by atoms with van der Waals surface area (Å²) < 4.78 is 28.4. The van der Waals surface area contributed by atoms with Gasteiger partial charge in [-0.3, -0.25) is 10.0 Å². The highest BCUT2D eigenvalue weighted by Gasteiger charge is 2.26. The molecule has 1 unspecified atom stereocenters. The molecule has 1 aromatic heterocycles. The summed E-state index contributed by atoms with van der Waals surface area (Å²) in [5.74, 6) is -1.11. The number of amides is 1. The van der Waals surface area contributed by atoms with E-state index in [2.05, 4.69) is 4.72 Å². The first-order chi connectivity index (χ1) is 12.0. The van der Waals surface area contributed by atoms with Crippen molar-refractivity contribution in [2.24, 2.45) is 0 Å². The van der Waals surface area contributed by atoms with Gasteiger partial charge in [-0.15, -0.1) is 11.3 Å². The van der Waals surface area contributed by atoms with Gasteiger partial charge in [0.15, 0.2) is 0 Å². The Morgan fingerprint density at radius 1 is 1.12 bits per heavy atom. The Morgan fingerprint density at radius 2 is 1.88 bits per heavy atom. The minimum absolute atomic E-state index is 0.263. The van der Waals surface area contributed by atoms with Crippen LogP contribution in [0.1, 0.15) is 17.2 Å². The maximum atomic E-state index is 12.5. The summed E-state index contributed by atoms with van der Waals surface area (Å²) in [6.45, 7) is 0. The largest absolute Gasteiger partial charge is 0.289 e. The van der Waals surface area contributed by atoms with Crippen LogP contribution in [0.4, 0.5) is 0 Å². The zero-order chi connectivity index (χ0) is 17.9. The van der Waals surface area contributed by atoms with Crippen LogP contribution in [0.2, 0.25) is 0 Å². The van der Waals surface area contributed by atoms with E-state index in [9.17, 15) is 13.2 Å². The Morgan fingerprint density at radius 3 is 2.60 bits per heavy atom. The molecule has 0 saturated carbocycles. The quantitative estimate of drug-likeness (QED) is 0.455. The molecule has 0 aliphatic heterocycles. The smallest absolute Gasteiger partial charge is 0.266 e. The van der Waals surface area contributed by atoms with Gasteiger partial charge >= 0.3 is 0 Å². The highest BCUT2D eigenvalue weighted by atomic mass is 32.2. The average molecular weight is 376 g/mol. The summed E-state index contributed by atoms with van der Waals surface area (Å²) >= 11 is 1.58. The summed E-state index contributed by atoms with van der Waals surface area (Å²) in [5.41, 5.74) is 2.56. The second kappa shape index (κ2) is 7.32. The summed E-state index contributed by atoms with van der Waals surface area (Å²) in [6, 6.07) is 14.5. The van der Waals surface area contributed by atoms with Gasteiger partial charge in [-0.25, -0.2) is 13.9 Å². The number of hydrogen-bond acceptors (Lipinski definition) is 5. The van der Waals surface area contributed by atoms with Crippen LogP contribution in [0.3, 0.4) is 0 Å². The van der Waals surface area contributed by atoms with Crippen molar-refractivity contribution in [1.82, 2.24) is 10.2 Å². The van der Waals surface area contributed by atoms with Gasteiger partial charge in [-0.2, -0.15) is 4.72 Å². The van der Waals surface area contributed by atoms with Gasteiger partial charge < -0.3 is 0 Å². The van der Waals surface area contributed by atoms with E-state index in [-0.39, 0.29) is 5.75 Å². The topological polar surface area (TPSA) is 95.5 Å². The van der Waals surface area contributed by atoms with E-state index in [1.165, 1.54) is 5.48 Å². The highest BCUT2D eigenvalue weighted by molar-refractivity contribution is 7.88. The third-order valence-electron chi connectivity index (χ3n) is 3.68. The maximum absolute atomic E-state index is 12.5. The van der Waals surface area contributed by atoms with Gasteiger partial charge in [-0.05, 0) is 40.1 Å². The molecule has 0 saturated heterocycles. The van der Waals surface area contributed by atoms with Crippen LogP contribution in [0.25, 0.3) is 10.1 Å².